The molecule has 1 aromatic heterocycles. The molecule has 0 aliphatic heterocycles. The molecule has 0 amide bonds. The normalized spacial score (nSPS) is 11.9. The van der Waals surface area contributed by atoms with Crippen molar-refractivity contribution in [3.05, 3.63) is 5.82 Å². The van der Waals surface area contributed by atoms with E-state index in [-0.39, 0.29) is 0 Å². The highest BCUT2D eigenvalue weighted by Gasteiger charge is 2.22. The minimum absolute atomic E-state index is 0.352. The van der Waals surface area contributed by atoms with Gasteiger partial charge in [0.2, 0.25) is 0 Å². The largest absolute Gasteiger partial charge is 0.368 e. The molecular weight excluding hydrogens is 221 g/mol. The van der Waals surface area contributed by atoms with Crippen molar-refractivity contribution in [3.63, 3.8) is 0 Å². The van der Waals surface area contributed by atoms with E-state index in [9.17, 15) is 12.3 Å². The van der Waals surface area contributed by atoms with Gasteiger partial charge in [0.25, 0.3) is 5.16 Å². The van der Waals surface area contributed by atoms with E-state index >= 15 is 0 Å². The number of halogens is 1. The lowest BCUT2D eigenvalue weighted by Gasteiger charge is -2.03. The van der Waals surface area contributed by atoms with Crippen LogP contribution in [0.2, 0.25) is 0 Å². The molecule has 0 fully saturated rings. The first-order valence-corrected chi connectivity index (χ1v) is 6.25. The molecule has 0 atom stereocenters. The van der Waals surface area contributed by atoms with Gasteiger partial charge in [-0.25, -0.2) is 0 Å². The zero-order chi connectivity index (χ0) is 11.5. The van der Waals surface area contributed by atoms with Gasteiger partial charge in [-0.05, 0) is 13.3 Å². The Bertz CT molecular complexity index is 427. The van der Waals surface area contributed by atoms with Crippen molar-refractivity contribution in [3.8, 4) is 0 Å². The Kier molecular flexibility index (Phi) is 3.78. The van der Waals surface area contributed by atoms with Crippen molar-refractivity contribution in [2.24, 2.45) is 0 Å². The fraction of sp³-hybridized carbons (Fsp3) is 0.750. The molecule has 0 spiro atoms. The molecule has 1 heterocycles. The summed E-state index contributed by atoms with van der Waals surface area (Å²) in [7, 11) is -4.76. The summed E-state index contributed by atoms with van der Waals surface area (Å²) < 4.78 is 35.5. The van der Waals surface area contributed by atoms with Crippen LogP contribution in [0.3, 0.4) is 0 Å². The Labute approximate surface area is 88.5 Å². The van der Waals surface area contributed by atoms with Crippen LogP contribution in [0, 0.1) is 0 Å². The number of nitrogens with zero attached hydrogens (tertiary/aromatic N) is 3. The predicted octanol–water partition coefficient (Wildman–Crippen LogP) is 1.30. The average Bonchev–Trinajstić information content (AvgIpc) is 2.56. The van der Waals surface area contributed by atoms with Gasteiger partial charge >= 0.3 is 10.2 Å². The first-order valence-electron chi connectivity index (χ1n) is 4.87. The third-order valence-corrected chi connectivity index (χ3v) is 2.82. The van der Waals surface area contributed by atoms with Crippen LogP contribution >= 0.6 is 0 Å². The highest BCUT2D eigenvalue weighted by atomic mass is 32.3. The first kappa shape index (κ1) is 12.1. The predicted molar refractivity (Wildman–Crippen MR) is 52.6 cm³/mol. The third-order valence-electron chi connectivity index (χ3n) is 2.08. The van der Waals surface area contributed by atoms with Crippen LogP contribution in [0.25, 0.3) is 0 Å². The molecule has 15 heavy (non-hydrogen) atoms. The minimum Gasteiger partial charge on any atom is -0.300 e. The van der Waals surface area contributed by atoms with Crippen LogP contribution in [-0.2, 0) is 23.2 Å². The summed E-state index contributed by atoms with van der Waals surface area (Å²) in [6.45, 7) is 4.09. The van der Waals surface area contributed by atoms with Crippen molar-refractivity contribution in [1.82, 2.24) is 14.8 Å². The summed E-state index contributed by atoms with van der Waals surface area (Å²) in [4.78, 5) is 0. The van der Waals surface area contributed by atoms with E-state index in [1.165, 1.54) is 4.57 Å². The van der Waals surface area contributed by atoms with Gasteiger partial charge in [0.15, 0.2) is 0 Å². The van der Waals surface area contributed by atoms with Crippen LogP contribution in [-0.4, -0.2) is 23.2 Å². The molecule has 0 aromatic carbocycles. The lowest BCUT2D eigenvalue weighted by molar-refractivity contribution is 0.521. The van der Waals surface area contributed by atoms with Crippen LogP contribution in [0.15, 0.2) is 5.16 Å². The molecule has 0 saturated carbocycles. The Morgan fingerprint density at radius 1 is 1.33 bits per heavy atom. The fourth-order valence-corrected chi connectivity index (χ4v) is 1.97. The van der Waals surface area contributed by atoms with Crippen molar-refractivity contribution in [2.45, 2.75) is 44.8 Å². The number of aryl methyl sites for hydroxylation is 1. The SMILES string of the molecule is CCCCc1nnc(S(=O)(=O)F)n1CC. The summed E-state index contributed by atoms with van der Waals surface area (Å²) in [5.74, 6) is 0.524. The molecule has 0 aliphatic rings. The molecule has 1 rings (SSSR count). The van der Waals surface area contributed by atoms with E-state index in [0.29, 0.717) is 18.8 Å². The molecule has 5 nitrogen and oxygen atoms in total. The summed E-state index contributed by atoms with van der Waals surface area (Å²) >= 11 is 0. The van der Waals surface area contributed by atoms with Crippen LogP contribution in [0.4, 0.5) is 3.89 Å². The smallest absolute Gasteiger partial charge is 0.300 e. The van der Waals surface area contributed by atoms with Crippen molar-refractivity contribution >= 4 is 10.2 Å². The average molecular weight is 235 g/mol. The van der Waals surface area contributed by atoms with Crippen molar-refractivity contribution in [2.75, 3.05) is 0 Å². The van der Waals surface area contributed by atoms with Gasteiger partial charge in [-0.2, -0.15) is 8.42 Å². The standard InChI is InChI=1S/C8H14FN3O2S/c1-3-5-6-7-10-11-8(12(7)4-2)15(9,13)14/h3-6H2,1-2H3. The van der Waals surface area contributed by atoms with Gasteiger partial charge in [0.1, 0.15) is 5.82 Å². The van der Waals surface area contributed by atoms with E-state index < -0.39 is 15.4 Å². The topological polar surface area (TPSA) is 64.8 Å². The van der Waals surface area contributed by atoms with Gasteiger partial charge in [0, 0.05) is 13.0 Å². The van der Waals surface area contributed by atoms with Crippen LogP contribution < -0.4 is 0 Å². The summed E-state index contributed by atoms with van der Waals surface area (Å²) in [6, 6.07) is 0. The van der Waals surface area contributed by atoms with E-state index in [1.54, 1.807) is 6.92 Å². The zero-order valence-corrected chi connectivity index (χ0v) is 9.59. The monoisotopic (exact) mass is 235 g/mol. The molecular formula is C8H14FN3O2S. The number of aromatic nitrogens is 3. The molecule has 0 bridgehead atoms. The van der Waals surface area contributed by atoms with Crippen LogP contribution in [0.5, 0.6) is 0 Å². The maximum Gasteiger partial charge on any atom is 0.368 e. The van der Waals surface area contributed by atoms with E-state index in [4.69, 9.17) is 0 Å². The van der Waals surface area contributed by atoms with Gasteiger partial charge in [-0.3, -0.25) is 4.57 Å². The Morgan fingerprint density at radius 2 is 2.00 bits per heavy atom. The molecule has 0 unspecified atom stereocenters. The van der Waals surface area contributed by atoms with E-state index in [0.717, 1.165) is 12.8 Å². The number of hydrogen-bond donors (Lipinski definition) is 0. The summed E-state index contributed by atoms with van der Waals surface area (Å²) in [5, 5.41) is 6.46. The van der Waals surface area contributed by atoms with Crippen molar-refractivity contribution < 1.29 is 12.3 Å². The minimum atomic E-state index is -4.76. The van der Waals surface area contributed by atoms with E-state index in [1.807, 2.05) is 6.92 Å². The lowest BCUT2D eigenvalue weighted by Crippen LogP contribution is -2.08. The van der Waals surface area contributed by atoms with Crippen LogP contribution in [0.1, 0.15) is 32.5 Å². The zero-order valence-electron chi connectivity index (χ0n) is 8.77. The van der Waals surface area contributed by atoms with Gasteiger partial charge in [-0.15, -0.1) is 10.2 Å². The van der Waals surface area contributed by atoms with Gasteiger partial charge < -0.3 is 0 Å². The van der Waals surface area contributed by atoms with E-state index in [2.05, 4.69) is 10.2 Å². The number of rotatable bonds is 5. The molecule has 1 aromatic rings. The second kappa shape index (κ2) is 4.69. The number of hydrogen-bond acceptors (Lipinski definition) is 4. The molecule has 0 radical (unpaired) electrons. The third kappa shape index (κ3) is 2.74. The molecule has 0 aliphatic carbocycles. The summed E-state index contributed by atoms with van der Waals surface area (Å²) in [5.41, 5.74) is 0. The first-order chi connectivity index (χ1) is 7.00. The maximum atomic E-state index is 12.8. The highest BCUT2D eigenvalue weighted by molar-refractivity contribution is 7.86. The Morgan fingerprint density at radius 3 is 2.47 bits per heavy atom. The molecule has 86 valence electrons. The molecule has 0 N–H and O–H groups in total. The summed E-state index contributed by atoms with van der Waals surface area (Å²) in [6.07, 6.45) is 2.46. The highest BCUT2D eigenvalue weighted by Crippen LogP contribution is 2.13. The quantitative estimate of drug-likeness (QED) is 0.721. The second-order valence-electron chi connectivity index (χ2n) is 3.18. The van der Waals surface area contributed by atoms with Gasteiger partial charge in [0.05, 0.1) is 0 Å². The lowest BCUT2D eigenvalue weighted by atomic mass is 10.2. The Balaban J connectivity index is 3.06. The molecule has 0 saturated heterocycles. The second-order valence-corrected chi connectivity index (χ2v) is 4.43. The maximum absolute atomic E-state index is 12.8. The van der Waals surface area contributed by atoms with Gasteiger partial charge in [-0.1, -0.05) is 17.2 Å². The fourth-order valence-electron chi connectivity index (χ4n) is 1.34. The Hall–Kier alpha value is -0.980. The molecule has 7 heteroatoms. The van der Waals surface area contributed by atoms with Crippen molar-refractivity contribution in [1.29, 1.82) is 0 Å². The number of unbranched alkanes of at least 4 members (excludes halogenated alkanes) is 1.